The van der Waals surface area contributed by atoms with Gasteiger partial charge in [-0.1, -0.05) is 50.2 Å². The van der Waals surface area contributed by atoms with Gasteiger partial charge >= 0.3 is 0 Å². The molecule has 4 rings (SSSR count). The molecule has 0 radical (unpaired) electrons. The molecule has 2 aromatic carbocycles. The second-order valence-electron chi connectivity index (χ2n) is 7.75. The minimum absolute atomic E-state index is 0.00565. The fraction of sp³-hybridized carbons (Fsp3) is 0.320. The van der Waals surface area contributed by atoms with E-state index in [0.29, 0.717) is 17.1 Å². The number of rotatable bonds is 6. The predicted octanol–water partition coefficient (Wildman–Crippen LogP) is 5.54. The molecule has 1 fully saturated rings. The molecule has 170 valence electrons. The number of pyridine rings is 1. The monoisotopic (exact) mass is 455 g/mol. The summed E-state index contributed by atoms with van der Waals surface area (Å²) in [5.41, 5.74) is 3.05. The summed E-state index contributed by atoms with van der Waals surface area (Å²) in [5.74, 6) is 0.208. The van der Waals surface area contributed by atoms with Gasteiger partial charge in [0.1, 0.15) is 22.6 Å². The molecule has 1 saturated carbocycles. The van der Waals surface area contributed by atoms with Gasteiger partial charge in [0.25, 0.3) is 5.56 Å². The summed E-state index contributed by atoms with van der Waals surface area (Å²) in [6.07, 6.45) is 0.837. The van der Waals surface area contributed by atoms with E-state index in [1.54, 1.807) is 32.2 Å². The van der Waals surface area contributed by atoms with Gasteiger partial charge in [-0.05, 0) is 49.6 Å². The molecule has 1 aromatic heterocycles. The lowest BCUT2D eigenvalue weighted by atomic mass is 10.1. The van der Waals surface area contributed by atoms with Gasteiger partial charge in [0.05, 0.1) is 16.6 Å². The van der Waals surface area contributed by atoms with Crippen molar-refractivity contribution in [2.75, 3.05) is 10.0 Å². The van der Waals surface area contributed by atoms with Crippen LogP contribution < -0.4 is 15.6 Å². The van der Waals surface area contributed by atoms with Gasteiger partial charge in [-0.2, -0.15) is 0 Å². The summed E-state index contributed by atoms with van der Waals surface area (Å²) >= 11 is 0. The van der Waals surface area contributed by atoms with Crippen LogP contribution in [0.25, 0.3) is 0 Å². The molecule has 5 nitrogen and oxygen atoms in total. The van der Waals surface area contributed by atoms with Crippen LogP contribution in [0.2, 0.25) is 0 Å². The predicted molar refractivity (Wildman–Crippen MR) is 132 cm³/mol. The van der Waals surface area contributed by atoms with Crippen LogP contribution in [0.4, 0.5) is 21.6 Å². The summed E-state index contributed by atoms with van der Waals surface area (Å²) in [4.78, 5) is 12.5. The molecule has 3 atom stereocenters. The van der Waals surface area contributed by atoms with Crippen molar-refractivity contribution in [3.63, 3.8) is 0 Å². The van der Waals surface area contributed by atoms with Crippen LogP contribution in [0.5, 0.6) is 0 Å². The number of hydrogen-bond acceptors (Lipinski definition) is 3. The minimum atomic E-state index is -1.34. The van der Waals surface area contributed by atoms with E-state index in [1.807, 2.05) is 51.1 Å². The zero-order chi connectivity index (χ0) is 23.4. The first kappa shape index (κ1) is 23.7. The highest BCUT2D eigenvalue weighted by atomic mass is 32.2. The van der Waals surface area contributed by atoms with E-state index in [0.717, 1.165) is 12.0 Å². The number of halogens is 1. The molecule has 32 heavy (non-hydrogen) atoms. The number of aryl methyl sites for hydroxylation is 2. The Morgan fingerprint density at radius 1 is 1.03 bits per heavy atom. The second-order valence-corrected chi connectivity index (χ2v) is 9.16. The first-order chi connectivity index (χ1) is 15.3. The lowest BCUT2D eigenvalue weighted by Crippen LogP contribution is -2.24. The molecule has 3 unspecified atom stereocenters. The van der Waals surface area contributed by atoms with E-state index >= 15 is 0 Å². The lowest BCUT2D eigenvalue weighted by Gasteiger charge is -2.18. The normalized spacial score (nSPS) is 17.7. The Hall–Kier alpha value is -2.93. The summed E-state index contributed by atoms with van der Waals surface area (Å²) in [6.45, 7) is 7.51. The molecule has 3 aromatic rings. The first-order valence-electron chi connectivity index (χ1n) is 10.8. The highest BCUT2D eigenvalue weighted by Gasteiger charge is 2.43. The Morgan fingerprint density at radius 3 is 2.38 bits per heavy atom. The van der Waals surface area contributed by atoms with E-state index in [-0.39, 0.29) is 22.4 Å². The standard InChI is InChI=1S/C23H24FN3O2S.C2H6/c1-14-9-10-19(18(24)11-14)25-22-20(12-15(2)23(28)27(22)3)26-30(29)21-13-17(21)16-7-5-4-6-8-16;1-2/h4-12,17,21,25-26H,13H2,1-3H3;1-2H3. The van der Waals surface area contributed by atoms with Gasteiger partial charge in [-0.3, -0.25) is 9.36 Å². The van der Waals surface area contributed by atoms with Crippen molar-refractivity contribution >= 4 is 28.2 Å². The minimum Gasteiger partial charge on any atom is -0.337 e. The van der Waals surface area contributed by atoms with E-state index in [1.165, 1.54) is 16.2 Å². The first-order valence-corrected chi connectivity index (χ1v) is 12.0. The molecular weight excluding hydrogens is 425 g/mol. The van der Waals surface area contributed by atoms with Gasteiger partial charge in [-0.15, -0.1) is 0 Å². The fourth-order valence-electron chi connectivity index (χ4n) is 3.61. The van der Waals surface area contributed by atoms with Crippen molar-refractivity contribution in [1.82, 2.24) is 4.57 Å². The molecule has 1 aliphatic rings. The number of benzene rings is 2. The summed E-state index contributed by atoms with van der Waals surface area (Å²) in [6, 6.07) is 16.5. The second kappa shape index (κ2) is 10.1. The number of nitrogens with zero attached hydrogens (tertiary/aromatic N) is 1. The maximum Gasteiger partial charge on any atom is 0.254 e. The van der Waals surface area contributed by atoms with Crippen LogP contribution in [0.3, 0.4) is 0 Å². The Kier molecular flexibility index (Phi) is 7.51. The average molecular weight is 456 g/mol. The van der Waals surface area contributed by atoms with Crippen molar-refractivity contribution in [3.8, 4) is 0 Å². The lowest BCUT2D eigenvalue weighted by molar-refractivity contribution is 0.630. The number of anilines is 3. The maximum absolute atomic E-state index is 14.4. The van der Waals surface area contributed by atoms with Crippen LogP contribution in [-0.2, 0) is 18.0 Å². The highest BCUT2D eigenvalue weighted by Crippen LogP contribution is 2.45. The van der Waals surface area contributed by atoms with E-state index in [9.17, 15) is 13.4 Å². The van der Waals surface area contributed by atoms with Crippen LogP contribution in [0.1, 0.15) is 42.9 Å². The van der Waals surface area contributed by atoms with Crippen LogP contribution in [0.15, 0.2) is 59.4 Å². The zero-order valence-electron chi connectivity index (χ0n) is 19.1. The number of aromatic nitrogens is 1. The Balaban J connectivity index is 0.00000141. The molecule has 0 aliphatic heterocycles. The van der Waals surface area contributed by atoms with Crippen molar-refractivity contribution in [2.24, 2.45) is 7.05 Å². The SMILES string of the molecule is CC.Cc1ccc(Nc2c(NS(=O)C3CC3c3ccccc3)cc(C)c(=O)n2C)c(F)c1. The van der Waals surface area contributed by atoms with E-state index in [2.05, 4.69) is 10.0 Å². The van der Waals surface area contributed by atoms with Crippen molar-refractivity contribution < 1.29 is 8.60 Å². The van der Waals surface area contributed by atoms with Crippen molar-refractivity contribution in [3.05, 3.63) is 87.5 Å². The van der Waals surface area contributed by atoms with E-state index in [4.69, 9.17) is 0 Å². The Bertz CT molecular complexity index is 1180. The summed E-state index contributed by atoms with van der Waals surface area (Å²) in [5, 5.41) is 3.00. The number of nitrogens with one attached hydrogen (secondary N) is 2. The molecule has 2 N–H and O–H groups in total. The van der Waals surface area contributed by atoms with Crippen molar-refractivity contribution in [1.29, 1.82) is 0 Å². The maximum atomic E-state index is 14.4. The van der Waals surface area contributed by atoms with Gasteiger partial charge in [0.15, 0.2) is 0 Å². The molecule has 0 amide bonds. The third kappa shape index (κ3) is 5.10. The van der Waals surface area contributed by atoms with Gasteiger partial charge in [0, 0.05) is 18.5 Å². The number of hydrogen-bond donors (Lipinski definition) is 2. The third-order valence-electron chi connectivity index (χ3n) is 5.42. The third-order valence-corrected chi connectivity index (χ3v) is 6.91. The van der Waals surface area contributed by atoms with Crippen LogP contribution in [0, 0.1) is 19.7 Å². The van der Waals surface area contributed by atoms with Crippen LogP contribution in [-0.4, -0.2) is 14.0 Å². The summed E-state index contributed by atoms with van der Waals surface area (Å²) in [7, 11) is 0.271. The topological polar surface area (TPSA) is 63.1 Å². The molecule has 1 aliphatic carbocycles. The van der Waals surface area contributed by atoms with Gasteiger partial charge in [-0.25, -0.2) is 8.60 Å². The van der Waals surface area contributed by atoms with Crippen molar-refractivity contribution in [2.45, 2.75) is 45.3 Å². The van der Waals surface area contributed by atoms with Gasteiger partial charge in [0.2, 0.25) is 0 Å². The largest absolute Gasteiger partial charge is 0.337 e. The smallest absolute Gasteiger partial charge is 0.254 e. The molecule has 0 bridgehead atoms. The zero-order valence-corrected chi connectivity index (χ0v) is 19.9. The molecule has 1 heterocycles. The molecule has 7 heteroatoms. The summed E-state index contributed by atoms with van der Waals surface area (Å²) < 4.78 is 31.9. The quantitative estimate of drug-likeness (QED) is 0.513. The fourth-order valence-corrected chi connectivity index (χ4v) is 4.98. The molecular formula is C25H30FN3O2S. The van der Waals surface area contributed by atoms with Gasteiger partial charge < -0.3 is 10.0 Å². The highest BCUT2D eigenvalue weighted by molar-refractivity contribution is 7.87. The molecule has 0 saturated heterocycles. The van der Waals surface area contributed by atoms with Crippen LogP contribution >= 0.6 is 0 Å². The Morgan fingerprint density at radius 2 is 1.72 bits per heavy atom. The van der Waals surface area contributed by atoms with E-state index < -0.39 is 16.8 Å². The molecule has 0 spiro atoms. The Labute approximate surface area is 191 Å². The average Bonchev–Trinajstić information content (AvgIpc) is 3.59.